The Bertz CT molecular complexity index is 1390. The molecular weight excluding hydrogens is 564 g/mol. The molecule has 0 aliphatic heterocycles. The van der Waals surface area contributed by atoms with Crippen LogP contribution in [0.15, 0.2) is 77.3 Å². The van der Waals surface area contributed by atoms with Crippen molar-refractivity contribution < 1.29 is 9.53 Å². The second-order valence-electron chi connectivity index (χ2n) is 9.62. The number of halogens is 2. The second kappa shape index (κ2) is 12.1. The first kappa shape index (κ1) is 26.4. The molecule has 0 atom stereocenters. The van der Waals surface area contributed by atoms with Gasteiger partial charge in [-0.2, -0.15) is 0 Å². The summed E-state index contributed by atoms with van der Waals surface area (Å²) in [7, 11) is 0. The quantitative estimate of drug-likeness (QED) is 0.205. The molecule has 6 nitrogen and oxygen atoms in total. The van der Waals surface area contributed by atoms with E-state index < -0.39 is 6.09 Å². The highest BCUT2D eigenvalue weighted by Gasteiger charge is 2.39. The molecule has 3 aromatic carbocycles. The molecule has 0 unspecified atom stereocenters. The zero-order chi connectivity index (χ0) is 26.4. The van der Waals surface area contributed by atoms with E-state index in [9.17, 15) is 4.79 Å². The maximum atomic E-state index is 12.2. The highest BCUT2D eigenvalue weighted by Crippen LogP contribution is 2.44. The number of ether oxygens (including phenoxy) is 1. The fourth-order valence-electron chi connectivity index (χ4n) is 5.14. The van der Waals surface area contributed by atoms with Crippen LogP contribution >= 0.6 is 27.5 Å². The predicted octanol–water partition coefficient (Wildman–Crippen LogP) is 7.63. The Labute approximate surface area is 236 Å². The van der Waals surface area contributed by atoms with E-state index in [2.05, 4.69) is 38.7 Å². The molecule has 5 rings (SSSR count). The van der Waals surface area contributed by atoms with E-state index in [1.54, 1.807) is 0 Å². The lowest BCUT2D eigenvalue weighted by Gasteiger charge is -2.37. The first-order valence-electron chi connectivity index (χ1n) is 13.0. The lowest BCUT2D eigenvalue weighted by atomic mass is 9.68. The fourth-order valence-corrected chi connectivity index (χ4v) is 5.61. The molecule has 0 spiro atoms. The zero-order valence-corrected chi connectivity index (χ0v) is 23.4. The topological polar surface area (TPSA) is 76.1 Å². The first-order valence-corrected chi connectivity index (χ1v) is 14.1. The van der Waals surface area contributed by atoms with Crippen molar-refractivity contribution in [2.24, 2.45) is 0 Å². The summed E-state index contributed by atoms with van der Waals surface area (Å²) in [5, 5.41) is 7.90. The zero-order valence-electron chi connectivity index (χ0n) is 21.1. The molecule has 8 heteroatoms. The summed E-state index contributed by atoms with van der Waals surface area (Å²) in [5.74, 6) is 1.58. The molecule has 38 heavy (non-hydrogen) atoms. The van der Waals surface area contributed by atoms with E-state index in [0.29, 0.717) is 13.1 Å². The van der Waals surface area contributed by atoms with Crippen LogP contribution in [0.3, 0.4) is 0 Å². The fraction of sp³-hybridized carbons (Fsp3) is 0.300. The summed E-state index contributed by atoms with van der Waals surface area (Å²) in [6, 6.07) is 23.8. The summed E-state index contributed by atoms with van der Waals surface area (Å²) < 4.78 is 6.28. The van der Waals surface area contributed by atoms with Gasteiger partial charge in [0, 0.05) is 28.0 Å². The minimum absolute atomic E-state index is 0.238. The van der Waals surface area contributed by atoms with Crippen LogP contribution in [0.2, 0.25) is 5.02 Å². The molecule has 0 radical (unpaired) electrons. The molecular formula is C30H30BrClN4O2. The minimum atomic E-state index is -0.447. The largest absolute Gasteiger partial charge is 0.445 e. The Morgan fingerprint density at radius 2 is 1.71 bits per heavy atom. The van der Waals surface area contributed by atoms with Crippen LogP contribution in [0.4, 0.5) is 10.6 Å². The van der Waals surface area contributed by atoms with Gasteiger partial charge in [0.25, 0.3) is 0 Å². The number of hydrogen-bond donors (Lipinski definition) is 2. The number of nitrogens with zero attached hydrogens (tertiary/aromatic N) is 2. The van der Waals surface area contributed by atoms with Gasteiger partial charge in [-0.1, -0.05) is 89.3 Å². The molecule has 4 aromatic rings. The summed E-state index contributed by atoms with van der Waals surface area (Å²) in [6.07, 6.45) is 4.99. The highest BCUT2D eigenvalue weighted by molar-refractivity contribution is 9.10. The molecule has 1 aromatic heterocycles. The first-order chi connectivity index (χ1) is 18.5. The van der Waals surface area contributed by atoms with Crippen LogP contribution in [0.1, 0.15) is 49.1 Å². The second-order valence-corrected chi connectivity index (χ2v) is 11.0. The maximum absolute atomic E-state index is 12.2. The third kappa shape index (κ3) is 6.11. The number of fused-ring (bicyclic) bond motifs is 1. The Kier molecular flexibility index (Phi) is 8.45. The van der Waals surface area contributed by atoms with Gasteiger partial charge in [0.15, 0.2) is 0 Å². The summed E-state index contributed by atoms with van der Waals surface area (Å²) in [6.45, 7) is 1.13. The van der Waals surface area contributed by atoms with Crippen molar-refractivity contribution in [2.45, 2.75) is 44.1 Å². The van der Waals surface area contributed by atoms with Gasteiger partial charge in [-0.25, -0.2) is 14.8 Å². The Morgan fingerprint density at radius 3 is 2.47 bits per heavy atom. The molecule has 1 heterocycles. The molecule has 1 amide bonds. The highest BCUT2D eigenvalue weighted by atomic mass is 79.9. The Balaban J connectivity index is 1.35. The molecule has 1 fully saturated rings. The SMILES string of the molecule is O=C(NCCNc1nc(C2(c3ccc(Cl)cc3)CCCCC2)nc2cc(Br)ccc12)OCc1ccccc1. The van der Waals surface area contributed by atoms with Crippen LogP contribution in [0.25, 0.3) is 10.9 Å². The molecule has 1 aliphatic carbocycles. The third-order valence-electron chi connectivity index (χ3n) is 7.09. The molecule has 0 saturated heterocycles. The number of carbonyl (C=O) groups excluding carboxylic acids is 1. The van der Waals surface area contributed by atoms with Gasteiger partial charge >= 0.3 is 6.09 Å². The number of carbonyl (C=O) groups is 1. The van der Waals surface area contributed by atoms with E-state index in [4.69, 9.17) is 26.3 Å². The molecule has 1 aliphatic rings. The minimum Gasteiger partial charge on any atom is -0.445 e. The van der Waals surface area contributed by atoms with Crippen LogP contribution in [0, 0.1) is 0 Å². The predicted molar refractivity (Wildman–Crippen MR) is 156 cm³/mol. The van der Waals surface area contributed by atoms with Gasteiger partial charge < -0.3 is 15.4 Å². The Morgan fingerprint density at radius 1 is 0.947 bits per heavy atom. The Hall–Kier alpha value is -3.16. The van der Waals surface area contributed by atoms with E-state index in [-0.39, 0.29) is 12.0 Å². The lowest BCUT2D eigenvalue weighted by molar-refractivity contribution is 0.140. The van der Waals surface area contributed by atoms with Crippen molar-refractivity contribution in [3.8, 4) is 0 Å². The van der Waals surface area contributed by atoms with Crippen molar-refractivity contribution in [2.75, 3.05) is 18.4 Å². The number of benzene rings is 3. The molecule has 1 saturated carbocycles. The molecule has 0 bridgehead atoms. The van der Waals surface area contributed by atoms with Crippen LogP contribution in [0.5, 0.6) is 0 Å². The monoisotopic (exact) mass is 592 g/mol. The number of rotatable bonds is 8. The number of alkyl carbamates (subject to hydrolysis) is 1. The number of anilines is 1. The third-order valence-corrected chi connectivity index (χ3v) is 7.84. The van der Waals surface area contributed by atoms with Crippen molar-refractivity contribution in [3.05, 3.63) is 99.2 Å². The average molecular weight is 594 g/mol. The number of nitrogens with one attached hydrogen (secondary N) is 2. The van der Waals surface area contributed by atoms with Crippen molar-refractivity contribution in [1.82, 2.24) is 15.3 Å². The molecule has 196 valence electrons. The van der Waals surface area contributed by atoms with E-state index in [1.807, 2.05) is 60.7 Å². The van der Waals surface area contributed by atoms with E-state index in [0.717, 1.165) is 63.3 Å². The van der Waals surface area contributed by atoms with Gasteiger partial charge in [0.05, 0.1) is 10.9 Å². The normalized spacial score (nSPS) is 14.7. The van der Waals surface area contributed by atoms with Crippen molar-refractivity contribution in [3.63, 3.8) is 0 Å². The maximum Gasteiger partial charge on any atom is 0.407 e. The van der Waals surface area contributed by atoms with E-state index in [1.165, 1.54) is 12.0 Å². The summed E-state index contributed by atoms with van der Waals surface area (Å²) >= 11 is 9.82. The van der Waals surface area contributed by atoms with Crippen LogP contribution in [-0.4, -0.2) is 29.2 Å². The smallest absolute Gasteiger partial charge is 0.407 e. The van der Waals surface area contributed by atoms with Crippen LogP contribution in [-0.2, 0) is 16.8 Å². The van der Waals surface area contributed by atoms with Crippen molar-refractivity contribution >= 4 is 50.3 Å². The average Bonchev–Trinajstić information content (AvgIpc) is 2.95. The van der Waals surface area contributed by atoms with Gasteiger partial charge in [-0.05, 0) is 54.3 Å². The van der Waals surface area contributed by atoms with Gasteiger partial charge in [0.1, 0.15) is 18.2 Å². The van der Waals surface area contributed by atoms with Gasteiger partial charge in [0.2, 0.25) is 0 Å². The number of hydrogen-bond acceptors (Lipinski definition) is 5. The van der Waals surface area contributed by atoms with Gasteiger partial charge in [-0.3, -0.25) is 0 Å². The number of aromatic nitrogens is 2. The molecule has 2 N–H and O–H groups in total. The van der Waals surface area contributed by atoms with Gasteiger partial charge in [-0.15, -0.1) is 0 Å². The standard InChI is InChI=1S/C30H30BrClN4O2/c31-23-11-14-25-26(19-23)35-28(30(15-5-2-6-16-30)22-9-12-24(32)13-10-22)36-27(25)33-17-18-34-29(37)38-20-21-7-3-1-4-8-21/h1,3-4,7-14,19H,2,5-6,15-18,20H2,(H,34,37)(H,33,35,36). The van der Waals surface area contributed by atoms with E-state index >= 15 is 0 Å². The lowest BCUT2D eigenvalue weighted by Crippen LogP contribution is -2.33. The number of amides is 1. The van der Waals surface area contributed by atoms with Crippen LogP contribution < -0.4 is 10.6 Å². The summed E-state index contributed by atoms with van der Waals surface area (Å²) in [5.41, 5.74) is 2.75. The summed E-state index contributed by atoms with van der Waals surface area (Å²) in [4.78, 5) is 22.4. The van der Waals surface area contributed by atoms with Crippen molar-refractivity contribution in [1.29, 1.82) is 0 Å².